The third-order valence-electron chi connectivity index (χ3n) is 1.89. The molecule has 0 rings (SSSR count). The molecule has 0 fully saturated rings. The molecule has 1 unspecified atom stereocenters. The lowest BCUT2D eigenvalue weighted by atomic mass is 10.2. The van der Waals surface area contributed by atoms with E-state index in [1.165, 1.54) is 0 Å². The molecule has 0 heterocycles. The molecule has 0 aliphatic carbocycles. The summed E-state index contributed by atoms with van der Waals surface area (Å²) in [7, 11) is 0. The molecule has 0 radical (unpaired) electrons. The Labute approximate surface area is 96.4 Å². The summed E-state index contributed by atoms with van der Waals surface area (Å²) in [4.78, 5) is 22.3. The van der Waals surface area contributed by atoms with E-state index in [9.17, 15) is 22.8 Å². The van der Waals surface area contributed by atoms with Crippen LogP contribution in [0.5, 0.6) is 0 Å². The normalized spacial score (nSPS) is 13.2. The lowest BCUT2D eigenvalue weighted by Gasteiger charge is -2.25. The maximum Gasteiger partial charge on any atom is 0.406 e. The molecule has 0 aliphatic rings. The molecule has 17 heavy (non-hydrogen) atoms. The zero-order valence-electron chi connectivity index (χ0n) is 9.33. The number of carbonyl (C=O) groups excluding carboxylic acids is 1. The van der Waals surface area contributed by atoms with Gasteiger partial charge in [-0.1, -0.05) is 6.92 Å². The minimum Gasteiger partial charge on any atom is -0.481 e. The van der Waals surface area contributed by atoms with Crippen LogP contribution in [0.1, 0.15) is 19.8 Å². The molecular weight excluding hydrogens is 241 g/mol. The first-order chi connectivity index (χ1) is 7.67. The number of carboxylic acid groups (broad SMARTS) is 1. The minimum absolute atomic E-state index is 0.105. The number of alkyl halides is 3. The van der Waals surface area contributed by atoms with Gasteiger partial charge in [-0.25, -0.2) is 0 Å². The standard InChI is InChI=1S/C9H15F3N2O3/c1-2-3-14(5-9(10,11)12)8(17)6(13)4-7(15)16/h6H,2-5,13H2,1H3,(H,15,16). The third-order valence-corrected chi connectivity index (χ3v) is 1.89. The number of carbonyl (C=O) groups is 2. The van der Waals surface area contributed by atoms with Gasteiger partial charge in [0.25, 0.3) is 0 Å². The highest BCUT2D eigenvalue weighted by atomic mass is 19.4. The van der Waals surface area contributed by atoms with E-state index in [-0.39, 0.29) is 6.54 Å². The Bertz CT molecular complexity index is 281. The van der Waals surface area contributed by atoms with Crippen molar-refractivity contribution in [2.24, 2.45) is 5.73 Å². The van der Waals surface area contributed by atoms with E-state index >= 15 is 0 Å². The summed E-state index contributed by atoms with van der Waals surface area (Å²) in [6.45, 7) is 0.0953. The van der Waals surface area contributed by atoms with Gasteiger partial charge in [0.2, 0.25) is 5.91 Å². The first-order valence-electron chi connectivity index (χ1n) is 5.00. The van der Waals surface area contributed by atoms with Crippen LogP contribution in [0.15, 0.2) is 0 Å². The molecule has 0 spiro atoms. The van der Waals surface area contributed by atoms with E-state index in [2.05, 4.69) is 0 Å². The highest BCUT2D eigenvalue weighted by Gasteiger charge is 2.34. The van der Waals surface area contributed by atoms with E-state index in [4.69, 9.17) is 10.8 Å². The molecule has 5 nitrogen and oxygen atoms in total. The molecule has 1 amide bonds. The van der Waals surface area contributed by atoms with Crippen molar-refractivity contribution in [3.05, 3.63) is 0 Å². The van der Waals surface area contributed by atoms with Gasteiger partial charge in [-0.3, -0.25) is 9.59 Å². The van der Waals surface area contributed by atoms with Gasteiger partial charge in [-0.05, 0) is 6.42 Å². The predicted molar refractivity (Wildman–Crippen MR) is 53.2 cm³/mol. The van der Waals surface area contributed by atoms with Gasteiger partial charge in [0.1, 0.15) is 6.54 Å². The van der Waals surface area contributed by atoms with Gasteiger partial charge >= 0.3 is 12.1 Å². The zero-order chi connectivity index (χ0) is 13.6. The lowest BCUT2D eigenvalue weighted by Crippen LogP contribution is -2.48. The van der Waals surface area contributed by atoms with E-state index < -0.39 is 37.1 Å². The molecule has 0 saturated carbocycles. The minimum atomic E-state index is -4.52. The van der Waals surface area contributed by atoms with E-state index in [1.807, 2.05) is 0 Å². The number of aliphatic carboxylic acids is 1. The third kappa shape index (κ3) is 6.77. The fraction of sp³-hybridized carbons (Fsp3) is 0.778. The van der Waals surface area contributed by atoms with E-state index in [0.717, 1.165) is 0 Å². The Morgan fingerprint density at radius 1 is 1.41 bits per heavy atom. The van der Waals surface area contributed by atoms with Crippen LogP contribution in [0.25, 0.3) is 0 Å². The Morgan fingerprint density at radius 2 is 1.94 bits per heavy atom. The highest BCUT2D eigenvalue weighted by Crippen LogP contribution is 2.17. The summed E-state index contributed by atoms with van der Waals surface area (Å²) in [5.41, 5.74) is 5.23. The summed E-state index contributed by atoms with van der Waals surface area (Å²) in [5, 5.41) is 8.40. The second kappa shape index (κ2) is 6.43. The number of halogens is 3. The average Bonchev–Trinajstić information content (AvgIpc) is 2.12. The van der Waals surface area contributed by atoms with Gasteiger partial charge in [-0.2, -0.15) is 13.2 Å². The molecule has 0 saturated heterocycles. The van der Waals surface area contributed by atoms with Crippen LogP contribution >= 0.6 is 0 Å². The number of amides is 1. The average molecular weight is 256 g/mol. The van der Waals surface area contributed by atoms with E-state index in [1.54, 1.807) is 6.92 Å². The first kappa shape index (κ1) is 15.7. The molecule has 3 N–H and O–H groups in total. The second-order valence-corrected chi connectivity index (χ2v) is 3.58. The Morgan fingerprint density at radius 3 is 2.29 bits per heavy atom. The largest absolute Gasteiger partial charge is 0.481 e. The summed E-state index contributed by atoms with van der Waals surface area (Å²) in [6, 6.07) is -1.44. The predicted octanol–water partition coefficient (Wildman–Crippen LogP) is 0.589. The molecule has 1 atom stereocenters. The molecule has 100 valence electrons. The maximum absolute atomic E-state index is 12.2. The van der Waals surface area contributed by atoms with Crippen LogP contribution in [0.3, 0.4) is 0 Å². The summed E-state index contributed by atoms with van der Waals surface area (Å²) >= 11 is 0. The Balaban J connectivity index is 4.58. The van der Waals surface area contributed by atoms with Crippen molar-refractivity contribution in [3.63, 3.8) is 0 Å². The van der Waals surface area contributed by atoms with Crippen LogP contribution in [0.2, 0.25) is 0 Å². The number of hydrogen-bond acceptors (Lipinski definition) is 3. The fourth-order valence-corrected chi connectivity index (χ4v) is 1.26. The summed E-state index contributed by atoms with van der Waals surface area (Å²) in [5.74, 6) is -2.32. The van der Waals surface area contributed by atoms with Crippen molar-refractivity contribution in [3.8, 4) is 0 Å². The van der Waals surface area contributed by atoms with Gasteiger partial charge in [0.15, 0.2) is 0 Å². The van der Waals surface area contributed by atoms with Crippen molar-refractivity contribution in [1.29, 1.82) is 0 Å². The molecule has 0 aliphatic heterocycles. The summed E-state index contributed by atoms with van der Waals surface area (Å²) < 4.78 is 36.5. The highest BCUT2D eigenvalue weighted by molar-refractivity contribution is 5.86. The van der Waals surface area contributed by atoms with Gasteiger partial charge < -0.3 is 15.7 Å². The molecule has 0 aromatic rings. The summed E-state index contributed by atoms with van der Waals surface area (Å²) in [6.07, 6.45) is -4.87. The fourth-order valence-electron chi connectivity index (χ4n) is 1.26. The van der Waals surface area contributed by atoms with Crippen molar-refractivity contribution in [2.75, 3.05) is 13.1 Å². The van der Waals surface area contributed by atoms with Crippen LogP contribution in [0, 0.1) is 0 Å². The van der Waals surface area contributed by atoms with Crippen LogP contribution < -0.4 is 5.73 Å². The van der Waals surface area contributed by atoms with Crippen molar-refractivity contribution in [2.45, 2.75) is 32.0 Å². The van der Waals surface area contributed by atoms with Gasteiger partial charge in [0.05, 0.1) is 12.5 Å². The zero-order valence-corrected chi connectivity index (χ0v) is 9.33. The number of carboxylic acids is 1. The Hall–Kier alpha value is -1.31. The smallest absolute Gasteiger partial charge is 0.406 e. The van der Waals surface area contributed by atoms with Gasteiger partial charge in [-0.15, -0.1) is 0 Å². The quantitative estimate of drug-likeness (QED) is 0.728. The van der Waals surface area contributed by atoms with Crippen LogP contribution in [-0.4, -0.2) is 47.2 Å². The monoisotopic (exact) mass is 256 g/mol. The second-order valence-electron chi connectivity index (χ2n) is 3.58. The van der Waals surface area contributed by atoms with Crippen molar-refractivity contribution >= 4 is 11.9 Å². The molecule has 8 heteroatoms. The van der Waals surface area contributed by atoms with Crippen LogP contribution in [-0.2, 0) is 9.59 Å². The van der Waals surface area contributed by atoms with Crippen molar-refractivity contribution in [1.82, 2.24) is 4.90 Å². The topological polar surface area (TPSA) is 83.6 Å². The molecular formula is C9H15F3N2O3. The molecule has 0 bridgehead atoms. The SMILES string of the molecule is CCCN(CC(F)(F)F)C(=O)C(N)CC(=O)O. The van der Waals surface area contributed by atoms with Crippen molar-refractivity contribution < 1.29 is 27.9 Å². The van der Waals surface area contributed by atoms with Crippen LogP contribution in [0.4, 0.5) is 13.2 Å². The van der Waals surface area contributed by atoms with E-state index in [0.29, 0.717) is 11.3 Å². The molecule has 0 aromatic carbocycles. The number of nitrogens with two attached hydrogens (primary N) is 1. The van der Waals surface area contributed by atoms with Gasteiger partial charge in [0, 0.05) is 6.54 Å². The number of hydrogen-bond donors (Lipinski definition) is 2. The lowest BCUT2D eigenvalue weighted by molar-refractivity contribution is -0.162. The number of rotatable bonds is 6. The Kier molecular flexibility index (Phi) is 5.94. The molecule has 0 aromatic heterocycles. The number of nitrogens with zero attached hydrogens (tertiary/aromatic N) is 1. The first-order valence-corrected chi connectivity index (χ1v) is 5.00. The maximum atomic E-state index is 12.2.